The van der Waals surface area contributed by atoms with Gasteiger partial charge in [-0.25, -0.2) is 4.79 Å². The van der Waals surface area contributed by atoms with Crippen molar-refractivity contribution in [3.8, 4) is 0 Å². The molecule has 0 unspecified atom stereocenters. The second-order valence-corrected chi connectivity index (χ2v) is 8.68. The number of ether oxygens (including phenoxy) is 1. The molecule has 0 aliphatic heterocycles. The Morgan fingerprint density at radius 2 is 1.77 bits per heavy atom. The van der Waals surface area contributed by atoms with Gasteiger partial charge in [0.1, 0.15) is 5.60 Å². The van der Waals surface area contributed by atoms with Crippen molar-refractivity contribution in [2.45, 2.75) is 51.5 Å². The van der Waals surface area contributed by atoms with E-state index >= 15 is 0 Å². The molecule has 0 bridgehead atoms. The highest BCUT2D eigenvalue weighted by atomic mass is 16.6. The molecule has 3 rings (SSSR count). The lowest BCUT2D eigenvalue weighted by molar-refractivity contribution is 0.0422. The third-order valence-electron chi connectivity index (χ3n) is 4.79. The van der Waals surface area contributed by atoms with Crippen molar-refractivity contribution < 1.29 is 14.6 Å². The highest BCUT2D eigenvalue weighted by Gasteiger charge is 2.24. The number of aliphatic hydroxyl groups excluding tert-OH is 1. The fourth-order valence-electron chi connectivity index (χ4n) is 3.33. The number of aromatic nitrogens is 1. The molecule has 1 heterocycles. The van der Waals surface area contributed by atoms with Crippen LogP contribution in [0.2, 0.25) is 0 Å². The van der Waals surface area contributed by atoms with Crippen LogP contribution in [0.4, 0.5) is 4.79 Å². The fourth-order valence-corrected chi connectivity index (χ4v) is 3.33. The molecule has 0 aliphatic rings. The summed E-state index contributed by atoms with van der Waals surface area (Å²) in [7, 11) is 0. The molecular weight excluding hydrogens is 390 g/mol. The Bertz CT molecular complexity index is 986. The molecule has 2 aromatic carbocycles. The third kappa shape index (κ3) is 7.35. The number of nitrogens with zero attached hydrogens (tertiary/aromatic N) is 1. The minimum Gasteiger partial charge on any atom is -0.444 e. The number of para-hydroxylation sites is 1. The largest absolute Gasteiger partial charge is 0.444 e. The van der Waals surface area contributed by atoms with E-state index in [4.69, 9.17) is 4.74 Å². The number of pyridine rings is 1. The van der Waals surface area contributed by atoms with Crippen LogP contribution >= 0.6 is 0 Å². The normalized spacial score (nSPS) is 13.5. The molecule has 0 fully saturated rings. The first-order valence-electron chi connectivity index (χ1n) is 10.6. The molecule has 0 aliphatic carbocycles. The number of hydrogen-bond acceptors (Lipinski definition) is 5. The molecule has 0 spiro atoms. The maximum atomic E-state index is 12.3. The molecule has 1 amide bonds. The van der Waals surface area contributed by atoms with E-state index in [1.807, 2.05) is 81.6 Å². The van der Waals surface area contributed by atoms with E-state index in [2.05, 4.69) is 21.7 Å². The zero-order valence-corrected chi connectivity index (χ0v) is 18.3. The van der Waals surface area contributed by atoms with Gasteiger partial charge in [0, 0.05) is 24.7 Å². The molecular formula is C25H31N3O3. The molecule has 6 heteroatoms. The minimum atomic E-state index is -0.791. The number of alkyl carbamates (subject to hydrolysis) is 1. The lowest BCUT2D eigenvalue weighted by Gasteiger charge is -2.27. The van der Waals surface area contributed by atoms with Crippen LogP contribution in [0.5, 0.6) is 0 Å². The minimum absolute atomic E-state index is 0.320. The summed E-state index contributed by atoms with van der Waals surface area (Å²) in [5.74, 6) is 0. The Labute approximate surface area is 183 Å². The van der Waals surface area contributed by atoms with Gasteiger partial charge in [-0.15, -0.1) is 0 Å². The molecule has 0 radical (unpaired) electrons. The monoisotopic (exact) mass is 421 g/mol. The number of hydrogen-bond donors (Lipinski definition) is 3. The summed E-state index contributed by atoms with van der Waals surface area (Å²) in [5, 5.41) is 18.0. The second-order valence-electron chi connectivity index (χ2n) is 8.68. The summed E-state index contributed by atoms with van der Waals surface area (Å²) < 4.78 is 5.38. The number of nitrogens with one attached hydrogen (secondary N) is 2. The summed E-state index contributed by atoms with van der Waals surface area (Å²) in [6.45, 7) is 6.33. The predicted molar refractivity (Wildman–Crippen MR) is 123 cm³/mol. The van der Waals surface area contributed by atoms with Crippen molar-refractivity contribution in [1.82, 2.24) is 15.6 Å². The van der Waals surface area contributed by atoms with Gasteiger partial charge in [0.2, 0.25) is 0 Å². The van der Waals surface area contributed by atoms with E-state index in [0.717, 1.165) is 22.0 Å². The second kappa shape index (κ2) is 10.4. The zero-order chi connectivity index (χ0) is 22.3. The molecule has 31 heavy (non-hydrogen) atoms. The number of benzene rings is 2. The standard InChI is InChI=1S/C25H31N3O3/c1-25(2,3)31-24(30)28-22(14-18-9-5-4-6-10-18)23(29)17-26-15-19-13-20-11-7-8-12-21(20)27-16-19/h4-13,16,22-23,26,29H,14-15,17H2,1-3H3,(H,28,30)/t22-,23+/m0/s1. The van der Waals surface area contributed by atoms with Crippen LogP contribution in [0.15, 0.2) is 66.9 Å². The van der Waals surface area contributed by atoms with Gasteiger partial charge < -0.3 is 20.5 Å². The lowest BCUT2D eigenvalue weighted by Crippen LogP contribution is -2.49. The Kier molecular flexibility index (Phi) is 7.60. The number of amides is 1. The number of carbonyl (C=O) groups excluding carboxylic acids is 1. The van der Waals surface area contributed by atoms with E-state index in [0.29, 0.717) is 19.5 Å². The Morgan fingerprint density at radius 3 is 2.52 bits per heavy atom. The Hall–Kier alpha value is -2.96. The average Bonchev–Trinajstić information content (AvgIpc) is 2.72. The topological polar surface area (TPSA) is 83.5 Å². The van der Waals surface area contributed by atoms with Crippen molar-refractivity contribution in [2.75, 3.05) is 6.54 Å². The Balaban J connectivity index is 1.60. The lowest BCUT2D eigenvalue weighted by atomic mass is 10.0. The third-order valence-corrected chi connectivity index (χ3v) is 4.79. The van der Waals surface area contributed by atoms with E-state index in [9.17, 15) is 9.90 Å². The maximum absolute atomic E-state index is 12.3. The summed E-state index contributed by atoms with van der Waals surface area (Å²) in [6.07, 6.45) is 1.01. The number of rotatable bonds is 8. The van der Waals surface area contributed by atoms with Gasteiger partial charge in [-0.3, -0.25) is 4.98 Å². The zero-order valence-electron chi connectivity index (χ0n) is 18.3. The molecule has 3 aromatic rings. The van der Waals surface area contributed by atoms with Crippen LogP contribution in [-0.4, -0.2) is 40.5 Å². The van der Waals surface area contributed by atoms with Gasteiger partial charge >= 0.3 is 6.09 Å². The number of fused-ring (bicyclic) bond motifs is 1. The predicted octanol–water partition coefficient (Wildman–Crippen LogP) is 3.82. The molecule has 164 valence electrons. The van der Waals surface area contributed by atoms with Gasteiger partial charge in [-0.2, -0.15) is 0 Å². The van der Waals surface area contributed by atoms with Crippen LogP contribution in [0.25, 0.3) is 10.9 Å². The molecule has 2 atom stereocenters. The Morgan fingerprint density at radius 1 is 1.06 bits per heavy atom. The van der Waals surface area contributed by atoms with E-state index in [1.165, 1.54) is 0 Å². The van der Waals surface area contributed by atoms with Crippen LogP contribution in [-0.2, 0) is 17.7 Å². The highest BCUT2D eigenvalue weighted by molar-refractivity contribution is 5.78. The number of aliphatic hydroxyl groups is 1. The smallest absolute Gasteiger partial charge is 0.407 e. The molecule has 0 saturated heterocycles. The van der Waals surface area contributed by atoms with Crippen LogP contribution in [0.3, 0.4) is 0 Å². The fraction of sp³-hybridized carbons (Fsp3) is 0.360. The molecule has 1 aromatic heterocycles. The van der Waals surface area contributed by atoms with Crippen LogP contribution < -0.4 is 10.6 Å². The van der Waals surface area contributed by atoms with E-state index in [1.54, 1.807) is 0 Å². The first-order chi connectivity index (χ1) is 14.8. The van der Waals surface area contributed by atoms with Crippen molar-refractivity contribution >= 4 is 17.0 Å². The van der Waals surface area contributed by atoms with E-state index in [-0.39, 0.29) is 0 Å². The maximum Gasteiger partial charge on any atom is 0.407 e. The molecule has 0 saturated carbocycles. The summed E-state index contributed by atoms with van der Waals surface area (Å²) in [4.78, 5) is 16.8. The van der Waals surface area contributed by atoms with Crippen molar-refractivity contribution in [3.63, 3.8) is 0 Å². The summed E-state index contributed by atoms with van der Waals surface area (Å²) in [5.41, 5.74) is 2.41. The molecule has 3 N–H and O–H groups in total. The van der Waals surface area contributed by atoms with Crippen molar-refractivity contribution in [3.05, 3.63) is 78.0 Å². The quantitative estimate of drug-likeness (QED) is 0.515. The van der Waals surface area contributed by atoms with Gasteiger partial charge in [-0.05, 0) is 50.5 Å². The average molecular weight is 422 g/mol. The van der Waals surface area contributed by atoms with Gasteiger partial charge in [0.15, 0.2) is 0 Å². The van der Waals surface area contributed by atoms with Crippen molar-refractivity contribution in [1.29, 1.82) is 0 Å². The first kappa shape index (κ1) is 22.7. The van der Waals surface area contributed by atoms with Crippen LogP contribution in [0.1, 0.15) is 31.9 Å². The number of carbonyl (C=O) groups is 1. The summed E-state index contributed by atoms with van der Waals surface area (Å²) in [6, 6.07) is 19.3. The highest BCUT2D eigenvalue weighted by Crippen LogP contribution is 2.13. The van der Waals surface area contributed by atoms with Gasteiger partial charge in [-0.1, -0.05) is 48.5 Å². The SMILES string of the molecule is CC(C)(C)OC(=O)N[C@@H](Cc1ccccc1)[C@H](O)CNCc1cnc2ccccc2c1. The van der Waals surface area contributed by atoms with E-state index < -0.39 is 23.8 Å². The van der Waals surface area contributed by atoms with Crippen LogP contribution in [0, 0.1) is 0 Å². The van der Waals surface area contributed by atoms with Gasteiger partial charge in [0.25, 0.3) is 0 Å². The first-order valence-corrected chi connectivity index (χ1v) is 10.6. The van der Waals surface area contributed by atoms with Gasteiger partial charge in [0.05, 0.1) is 17.7 Å². The summed E-state index contributed by atoms with van der Waals surface area (Å²) >= 11 is 0. The molecule has 6 nitrogen and oxygen atoms in total. The van der Waals surface area contributed by atoms with Crippen molar-refractivity contribution in [2.24, 2.45) is 0 Å².